The van der Waals surface area contributed by atoms with Crippen molar-refractivity contribution in [3.63, 3.8) is 0 Å². The summed E-state index contributed by atoms with van der Waals surface area (Å²) < 4.78 is 5.60. The Morgan fingerprint density at radius 3 is 3.00 bits per heavy atom. The van der Waals surface area contributed by atoms with Crippen LogP contribution in [0.25, 0.3) is 33.4 Å². The number of carbonyl (C=O) groups excluding carboxylic acids is 1. The van der Waals surface area contributed by atoms with E-state index in [1.807, 2.05) is 43.3 Å². The lowest BCUT2D eigenvalue weighted by atomic mass is 10.00. The molecule has 0 aliphatic carbocycles. The fourth-order valence-corrected chi connectivity index (χ4v) is 4.03. The minimum Gasteiger partial charge on any atom is -0.460 e. The second kappa shape index (κ2) is 8.28. The van der Waals surface area contributed by atoms with E-state index in [1.54, 1.807) is 18.5 Å². The van der Waals surface area contributed by atoms with Gasteiger partial charge in [0.1, 0.15) is 6.61 Å². The van der Waals surface area contributed by atoms with Gasteiger partial charge in [0.25, 0.3) is 0 Å². The number of aryl methyl sites for hydroxylation is 1. The van der Waals surface area contributed by atoms with Crippen molar-refractivity contribution in [1.29, 1.82) is 0 Å². The van der Waals surface area contributed by atoms with Gasteiger partial charge < -0.3 is 10.1 Å². The molecule has 3 aromatic heterocycles. The van der Waals surface area contributed by atoms with E-state index >= 15 is 0 Å². The molecule has 7 heteroatoms. The molecule has 1 aliphatic rings. The Morgan fingerprint density at radius 1 is 1.23 bits per heavy atom. The van der Waals surface area contributed by atoms with Crippen LogP contribution in [0.3, 0.4) is 0 Å². The Labute approximate surface area is 179 Å². The molecule has 1 saturated heterocycles. The largest absolute Gasteiger partial charge is 0.460 e. The number of pyridine rings is 2. The molecule has 31 heavy (non-hydrogen) atoms. The van der Waals surface area contributed by atoms with Gasteiger partial charge in [0.15, 0.2) is 0 Å². The minimum atomic E-state index is -0.328. The molecule has 1 aliphatic heterocycles. The molecule has 0 amide bonds. The number of fused-ring (bicyclic) bond motifs is 1. The molecule has 5 rings (SSSR count). The number of rotatable bonds is 5. The lowest BCUT2D eigenvalue weighted by Crippen LogP contribution is -2.28. The second-order valence-corrected chi connectivity index (χ2v) is 7.81. The van der Waals surface area contributed by atoms with E-state index in [2.05, 4.69) is 25.5 Å². The second-order valence-electron chi connectivity index (χ2n) is 7.81. The maximum Gasteiger partial charge on any atom is 0.338 e. The quantitative estimate of drug-likeness (QED) is 0.482. The van der Waals surface area contributed by atoms with Crippen molar-refractivity contribution in [2.45, 2.75) is 25.8 Å². The number of aromatic amines is 1. The fraction of sp³-hybridized carbons (Fsp3) is 0.250. The van der Waals surface area contributed by atoms with E-state index in [0.29, 0.717) is 12.2 Å². The van der Waals surface area contributed by atoms with Gasteiger partial charge in [0.05, 0.1) is 28.7 Å². The third kappa shape index (κ3) is 3.92. The van der Waals surface area contributed by atoms with Gasteiger partial charge in [0.2, 0.25) is 0 Å². The third-order valence-electron chi connectivity index (χ3n) is 5.63. The first-order chi connectivity index (χ1) is 15.2. The average molecular weight is 413 g/mol. The summed E-state index contributed by atoms with van der Waals surface area (Å²) >= 11 is 0. The highest BCUT2D eigenvalue weighted by Gasteiger charge is 2.19. The predicted molar refractivity (Wildman–Crippen MR) is 119 cm³/mol. The zero-order chi connectivity index (χ0) is 21.2. The molecular formula is C24H23N5O2. The fourth-order valence-electron chi connectivity index (χ4n) is 4.03. The molecule has 0 unspecified atom stereocenters. The molecule has 4 heterocycles. The van der Waals surface area contributed by atoms with Gasteiger partial charge in [-0.05, 0) is 62.2 Å². The number of ether oxygens (including phenoxy) is 1. The molecule has 0 bridgehead atoms. The molecule has 1 fully saturated rings. The Morgan fingerprint density at radius 2 is 2.16 bits per heavy atom. The van der Waals surface area contributed by atoms with Crippen molar-refractivity contribution >= 4 is 16.9 Å². The zero-order valence-electron chi connectivity index (χ0n) is 17.3. The Balaban J connectivity index is 1.50. The molecule has 0 radical (unpaired) electrons. The number of benzene rings is 1. The molecule has 1 aromatic carbocycles. The van der Waals surface area contributed by atoms with Crippen molar-refractivity contribution in [1.82, 2.24) is 25.5 Å². The summed E-state index contributed by atoms with van der Waals surface area (Å²) in [6.07, 6.45) is 5.57. The monoisotopic (exact) mass is 413 g/mol. The molecule has 0 spiro atoms. The van der Waals surface area contributed by atoms with Gasteiger partial charge in [-0.15, -0.1) is 0 Å². The van der Waals surface area contributed by atoms with Crippen molar-refractivity contribution in [3.05, 3.63) is 66.1 Å². The highest BCUT2D eigenvalue weighted by molar-refractivity contribution is 6.04. The average Bonchev–Trinajstić information content (AvgIpc) is 3.49. The SMILES string of the molecule is Cc1cccc(-c2[nH]ncc2-c2ccc3nccc(C(=O)OC[C@@H]4CCCN4)c3c2)n1. The van der Waals surface area contributed by atoms with Crippen molar-refractivity contribution in [2.24, 2.45) is 0 Å². The van der Waals surface area contributed by atoms with Crippen LogP contribution in [0.2, 0.25) is 0 Å². The maximum absolute atomic E-state index is 12.8. The number of esters is 1. The van der Waals surface area contributed by atoms with E-state index < -0.39 is 0 Å². The highest BCUT2D eigenvalue weighted by atomic mass is 16.5. The first-order valence-corrected chi connectivity index (χ1v) is 10.5. The first-order valence-electron chi connectivity index (χ1n) is 10.5. The van der Waals surface area contributed by atoms with Gasteiger partial charge in [-0.1, -0.05) is 12.1 Å². The summed E-state index contributed by atoms with van der Waals surface area (Å²) in [7, 11) is 0. The van der Waals surface area contributed by atoms with Gasteiger partial charge in [0, 0.05) is 28.9 Å². The summed E-state index contributed by atoms with van der Waals surface area (Å²) in [6, 6.07) is 13.7. The van der Waals surface area contributed by atoms with Crippen LogP contribution in [-0.2, 0) is 4.74 Å². The molecular weight excluding hydrogens is 390 g/mol. The van der Waals surface area contributed by atoms with Crippen molar-refractivity contribution in [3.8, 4) is 22.5 Å². The highest BCUT2D eigenvalue weighted by Crippen LogP contribution is 2.32. The number of hydrogen-bond donors (Lipinski definition) is 2. The maximum atomic E-state index is 12.8. The Kier molecular flexibility index (Phi) is 5.18. The minimum absolute atomic E-state index is 0.239. The number of carbonyl (C=O) groups is 1. The van der Waals surface area contributed by atoms with Crippen molar-refractivity contribution < 1.29 is 9.53 Å². The number of hydrogen-bond acceptors (Lipinski definition) is 6. The normalized spacial score (nSPS) is 16.0. The van der Waals surface area contributed by atoms with E-state index in [-0.39, 0.29) is 12.0 Å². The standard InChI is InChI=1S/C24H23N5O2/c1-15-4-2-6-22(28-15)23-20(13-27-29-23)16-7-8-21-19(12-16)18(9-11-26-21)24(30)31-14-17-5-3-10-25-17/h2,4,6-9,11-13,17,25H,3,5,10,14H2,1H3,(H,27,29)/t17-/m0/s1. The van der Waals surface area contributed by atoms with Gasteiger partial charge >= 0.3 is 5.97 Å². The van der Waals surface area contributed by atoms with Gasteiger partial charge in [-0.2, -0.15) is 5.10 Å². The van der Waals surface area contributed by atoms with Crippen LogP contribution < -0.4 is 5.32 Å². The topological polar surface area (TPSA) is 92.8 Å². The summed E-state index contributed by atoms with van der Waals surface area (Å²) in [5, 5.41) is 11.4. The van der Waals surface area contributed by atoms with Crippen LogP contribution in [0.15, 0.2) is 54.9 Å². The van der Waals surface area contributed by atoms with Crippen LogP contribution in [0.4, 0.5) is 0 Å². The molecule has 1 atom stereocenters. The van der Waals surface area contributed by atoms with E-state index in [9.17, 15) is 4.79 Å². The van der Waals surface area contributed by atoms with E-state index in [0.717, 1.165) is 58.5 Å². The summed E-state index contributed by atoms with van der Waals surface area (Å²) in [4.78, 5) is 21.9. The molecule has 0 saturated carbocycles. The Hall–Kier alpha value is -3.58. The number of H-pyrrole nitrogens is 1. The van der Waals surface area contributed by atoms with Crippen LogP contribution >= 0.6 is 0 Å². The van der Waals surface area contributed by atoms with E-state index in [4.69, 9.17) is 4.74 Å². The first kappa shape index (κ1) is 19.4. The molecule has 156 valence electrons. The van der Waals surface area contributed by atoms with Crippen LogP contribution in [0.1, 0.15) is 28.9 Å². The predicted octanol–water partition coefficient (Wildman–Crippen LogP) is 3.90. The number of nitrogens with zero attached hydrogens (tertiary/aromatic N) is 3. The molecule has 2 N–H and O–H groups in total. The van der Waals surface area contributed by atoms with Crippen LogP contribution in [-0.4, -0.2) is 45.3 Å². The smallest absolute Gasteiger partial charge is 0.338 e. The summed E-state index contributed by atoms with van der Waals surface area (Å²) in [5.41, 5.74) is 5.70. The molecule has 7 nitrogen and oxygen atoms in total. The van der Waals surface area contributed by atoms with Gasteiger partial charge in [-0.25, -0.2) is 4.79 Å². The lowest BCUT2D eigenvalue weighted by Gasteiger charge is -2.12. The van der Waals surface area contributed by atoms with Crippen LogP contribution in [0.5, 0.6) is 0 Å². The van der Waals surface area contributed by atoms with E-state index in [1.165, 1.54) is 0 Å². The Bertz CT molecular complexity index is 1240. The summed E-state index contributed by atoms with van der Waals surface area (Å²) in [6.45, 7) is 3.32. The third-order valence-corrected chi connectivity index (χ3v) is 5.63. The van der Waals surface area contributed by atoms with Crippen molar-refractivity contribution in [2.75, 3.05) is 13.2 Å². The van der Waals surface area contributed by atoms with Gasteiger partial charge in [-0.3, -0.25) is 15.1 Å². The number of aromatic nitrogens is 4. The lowest BCUT2D eigenvalue weighted by molar-refractivity contribution is 0.0475. The zero-order valence-corrected chi connectivity index (χ0v) is 17.3. The summed E-state index contributed by atoms with van der Waals surface area (Å²) in [5.74, 6) is -0.328. The molecule has 4 aromatic rings. The van der Waals surface area contributed by atoms with Crippen LogP contribution in [0, 0.1) is 6.92 Å². The number of nitrogens with one attached hydrogen (secondary N) is 2.